The molecule has 26 heavy (non-hydrogen) atoms. The van der Waals surface area contributed by atoms with E-state index < -0.39 is 0 Å². The second-order valence-corrected chi connectivity index (χ2v) is 6.87. The van der Waals surface area contributed by atoms with Gasteiger partial charge in [-0.25, -0.2) is 4.98 Å². The van der Waals surface area contributed by atoms with Crippen LogP contribution >= 0.6 is 34.8 Å². The first-order chi connectivity index (χ1) is 12.4. The Morgan fingerprint density at radius 1 is 1.15 bits per heavy atom. The van der Waals surface area contributed by atoms with Crippen molar-refractivity contribution < 1.29 is 9.53 Å². The fourth-order valence-electron chi connectivity index (χ4n) is 2.44. The van der Waals surface area contributed by atoms with Crippen molar-refractivity contribution in [3.63, 3.8) is 0 Å². The molecule has 0 bridgehead atoms. The first kappa shape index (κ1) is 18.8. The summed E-state index contributed by atoms with van der Waals surface area (Å²) in [4.78, 5) is 24.9. The van der Waals surface area contributed by atoms with Crippen LogP contribution < -0.4 is 4.74 Å². The number of nitrogens with zero attached hydrogens (tertiary/aromatic N) is 3. The number of nitrogens with one attached hydrogen (secondary N) is 1. The van der Waals surface area contributed by atoms with Crippen LogP contribution in [0.2, 0.25) is 15.2 Å². The smallest absolute Gasteiger partial charge is 0.295 e. The van der Waals surface area contributed by atoms with Gasteiger partial charge in [0.05, 0.1) is 6.54 Å². The van der Waals surface area contributed by atoms with Gasteiger partial charge in [0.2, 0.25) is 5.91 Å². The molecule has 9 heteroatoms. The van der Waals surface area contributed by atoms with Crippen LogP contribution in [0.1, 0.15) is 12.5 Å². The van der Waals surface area contributed by atoms with E-state index in [1.165, 1.54) is 6.92 Å². The highest BCUT2D eigenvalue weighted by atomic mass is 35.5. The number of H-pyrrole nitrogens is 1. The summed E-state index contributed by atoms with van der Waals surface area (Å²) in [5.41, 5.74) is 2.05. The van der Waals surface area contributed by atoms with Crippen molar-refractivity contribution in [2.24, 2.45) is 0 Å². The highest BCUT2D eigenvalue weighted by molar-refractivity contribution is 6.34. The van der Waals surface area contributed by atoms with Crippen LogP contribution in [0.25, 0.3) is 11.2 Å². The van der Waals surface area contributed by atoms with Crippen LogP contribution in [0.3, 0.4) is 0 Å². The van der Waals surface area contributed by atoms with Crippen LogP contribution in [-0.2, 0) is 11.3 Å². The van der Waals surface area contributed by atoms with Gasteiger partial charge in [-0.2, -0.15) is 4.98 Å². The minimum Gasteiger partial charge on any atom is -0.463 e. The number of fused-ring (bicyclic) bond motifs is 1. The molecule has 1 amide bonds. The van der Waals surface area contributed by atoms with E-state index in [4.69, 9.17) is 39.5 Å². The molecule has 2 heterocycles. The number of ether oxygens (including phenoxy) is 1. The molecule has 0 aliphatic carbocycles. The monoisotopic (exact) mass is 412 g/mol. The van der Waals surface area contributed by atoms with Gasteiger partial charge in [-0.15, -0.1) is 0 Å². The van der Waals surface area contributed by atoms with Gasteiger partial charge in [-0.1, -0.05) is 34.8 Å². The van der Waals surface area contributed by atoms with Gasteiger partial charge in [0.25, 0.3) is 6.01 Å². The summed E-state index contributed by atoms with van der Waals surface area (Å²) in [5.74, 6) is -0.0808. The standard InChI is InChI=1S/C17H15Cl3N4O2/c1-10(25)24(9-11-6-12(18)8-13(19)7-11)4-5-26-17-21-14-2-3-15(20)22-16(14)23-17/h2-3,6-8H,4-5,9H2,1H3,(H,21,22,23). The average molecular weight is 414 g/mol. The van der Waals surface area contributed by atoms with Crippen molar-refractivity contribution in [3.05, 3.63) is 51.1 Å². The third-order valence-electron chi connectivity index (χ3n) is 3.63. The highest BCUT2D eigenvalue weighted by Crippen LogP contribution is 2.20. The number of amides is 1. The lowest BCUT2D eigenvalue weighted by Gasteiger charge is -2.21. The Kier molecular flexibility index (Phi) is 5.86. The second-order valence-electron chi connectivity index (χ2n) is 5.61. The minimum absolute atomic E-state index is 0.0808. The van der Waals surface area contributed by atoms with Crippen LogP contribution in [0.4, 0.5) is 0 Å². The number of hydrogen-bond donors (Lipinski definition) is 1. The molecule has 0 atom stereocenters. The highest BCUT2D eigenvalue weighted by Gasteiger charge is 2.12. The van der Waals surface area contributed by atoms with Crippen molar-refractivity contribution in [3.8, 4) is 6.01 Å². The van der Waals surface area contributed by atoms with Crippen LogP contribution in [0, 0.1) is 0 Å². The summed E-state index contributed by atoms with van der Waals surface area (Å²) >= 11 is 17.9. The number of aromatic nitrogens is 3. The molecule has 0 unspecified atom stereocenters. The number of carbonyl (C=O) groups is 1. The second kappa shape index (κ2) is 8.12. The molecule has 1 aromatic carbocycles. The van der Waals surface area contributed by atoms with Gasteiger partial charge < -0.3 is 9.64 Å². The lowest BCUT2D eigenvalue weighted by atomic mass is 10.2. The summed E-state index contributed by atoms with van der Waals surface area (Å²) in [6, 6.07) is 8.93. The summed E-state index contributed by atoms with van der Waals surface area (Å²) in [5, 5.41) is 1.43. The summed E-state index contributed by atoms with van der Waals surface area (Å²) < 4.78 is 5.60. The molecule has 6 nitrogen and oxygen atoms in total. The van der Waals surface area contributed by atoms with Crippen molar-refractivity contribution in [2.45, 2.75) is 13.5 Å². The van der Waals surface area contributed by atoms with E-state index in [9.17, 15) is 4.79 Å². The normalized spacial score (nSPS) is 10.9. The third kappa shape index (κ3) is 4.78. The van der Waals surface area contributed by atoms with Crippen LogP contribution in [0.5, 0.6) is 6.01 Å². The predicted molar refractivity (Wildman–Crippen MR) is 102 cm³/mol. The Labute approximate surface area is 165 Å². The van der Waals surface area contributed by atoms with E-state index >= 15 is 0 Å². The predicted octanol–water partition coefficient (Wildman–Crippen LogP) is 4.35. The van der Waals surface area contributed by atoms with E-state index in [1.807, 2.05) is 0 Å². The van der Waals surface area contributed by atoms with Gasteiger partial charge in [0.15, 0.2) is 5.65 Å². The first-order valence-corrected chi connectivity index (χ1v) is 8.89. The Morgan fingerprint density at radius 2 is 1.88 bits per heavy atom. The molecule has 3 aromatic rings. The van der Waals surface area contributed by atoms with Gasteiger partial charge >= 0.3 is 0 Å². The molecule has 0 saturated carbocycles. The number of rotatable bonds is 6. The summed E-state index contributed by atoms with van der Waals surface area (Å²) in [7, 11) is 0. The molecule has 0 aliphatic heterocycles. The number of halogens is 3. The Balaban J connectivity index is 1.62. The minimum atomic E-state index is -0.0808. The topological polar surface area (TPSA) is 71.1 Å². The maximum atomic E-state index is 11.9. The lowest BCUT2D eigenvalue weighted by molar-refractivity contribution is -0.129. The van der Waals surface area contributed by atoms with E-state index in [-0.39, 0.29) is 12.5 Å². The van der Waals surface area contributed by atoms with Crippen molar-refractivity contribution in [2.75, 3.05) is 13.2 Å². The molecule has 0 radical (unpaired) electrons. The Bertz CT molecular complexity index is 925. The third-order valence-corrected chi connectivity index (χ3v) is 4.28. The fourth-order valence-corrected chi connectivity index (χ4v) is 3.16. The summed E-state index contributed by atoms with van der Waals surface area (Å²) in [6.07, 6.45) is 0. The number of benzene rings is 1. The van der Waals surface area contributed by atoms with Crippen molar-refractivity contribution >= 4 is 51.9 Å². The maximum Gasteiger partial charge on any atom is 0.295 e. The van der Waals surface area contributed by atoms with Crippen molar-refractivity contribution in [1.29, 1.82) is 0 Å². The SMILES string of the molecule is CC(=O)N(CCOc1nc2ccc(Cl)nc2[nH]1)Cc1cc(Cl)cc(Cl)c1. The average Bonchev–Trinajstić information content (AvgIpc) is 2.94. The number of pyridine rings is 1. The molecular formula is C17H15Cl3N4O2. The molecule has 2 aromatic heterocycles. The Morgan fingerprint density at radius 3 is 2.58 bits per heavy atom. The zero-order chi connectivity index (χ0) is 18.7. The molecular weight excluding hydrogens is 399 g/mol. The van der Waals surface area contributed by atoms with Crippen molar-refractivity contribution in [1.82, 2.24) is 19.9 Å². The number of hydrogen-bond acceptors (Lipinski definition) is 4. The lowest BCUT2D eigenvalue weighted by Crippen LogP contribution is -2.32. The molecule has 0 aliphatic rings. The molecule has 136 valence electrons. The van der Waals surface area contributed by atoms with Crippen LogP contribution in [-0.4, -0.2) is 38.9 Å². The van der Waals surface area contributed by atoms with E-state index in [0.717, 1.165) is 5.56 Å². The van der Waals surface area contributed by atoms with E-state index in [0.29, 0.717) is 45.5 Å². The van der Waals surface area contributed by atoms with Gasteiger partial charge in [-0.05, 0) is 35.9 Å². The Hall–Kier alpha value is -2.02. The molecule has 1 N–H and O–H groups in total. The molecule has 0 fully saturated rings. The first-order valence-electron chi connectivity index (χ1n) is 7.76. The van der Waals surface area contributed by atoms with Gasteiger partial charge in [0, 0.05) is 23.5 Å². The zero-order valence-electron chi connectivity index (χ0n) is 13.8. The maximum absolute atomic E-state index is 11.9. The molecule has 0 saturated heterocycles. The van der Waals surface area contributed by atoms with E-state index in [1.54, 1.807) is 35.2 Å². The number of aromatic amines is 1. The number of carbonyl (C=O) groups excluding carboxylic acids is 1. The quantitative estimate of drug-likeness (QED) is 0.610. The molecule has 3 rings (SSSR count). The fraction of sp³-hybridized carbons (Fsp3) is 0.235. The largest absolute Gasteiger partial charge is 0.463 e. The van der Waals surface area contributed by atoms with Gasteiger partial charge in [0.1, 0.15) is 17.3 Å². The summed E-state index contributed by atoms with van der Waals surface area (Å²) in [6.45, 7) is 2.53. The van der Waals surface area contributed by atoms with Crippen LogP contribution in [0.15, 0.2) is 30.3 Å². The van der Waals surface area contributed by atoms with E-state index in [2.05, 4.69) is 15.0 Å². The van der Waals surface area contributed by atoms with Gasteiger partial charge in [-0.3, -0.25) is 9.78 Å². The molecule has 0 spiro atoms. The number of imidazole rings is 1. The zero-order valence-corrected chi connectivity index (χ0v) is 16.1.